The second-order valence-corrected chi connectivity index (χ2v) is 8.25. The summed E-state index contributed by atoms with van der Waals surface area (Å²) in [6, 6.07) is 0. The van der Waals surface area contributed by atoms with E-state index in [1.807, 2.05) is 6.92 Å². The highest BCUT2D eigenvalue weighted by Crippen LogP contribution is 2.23. The molecule has 3 rings (SSSR count). The maximum absolute atomic E-state index is 12.6. The highest BCUT2D eigenvalue weighted by Gasteiger charge is 2.34. The average molecular weight is 561 g/mol. The van der Waals surface area contributed by atoms with Crippen LogP contribution in [0.3, 0.4) is 0 Å². The SMILES string of the molecule is CCNC(=NCC1CCN(CC(F)(F)F)C1)N1CCN(c2nc(CC)ns2)CC1.I. The first-order valence-corrected chi connectivity index (χ1v) is 11.0. The van der Waals surface area contributed by atoms with E-state index < -0.39 is 12.7 Å². The van der Waals surface area contributed by atoms with Gasteiger partial charge in [0.25, 0.3) is 0 Å². The van der Waals surface area contributed by atoms with E-state index in [0.717, 1.165) is 62.5 Å². The smallest absolute Gasteiger partial charge is 0.357 e. The summed E-state index contributed by atoms with van der Waals surface area (Å²) in [4.78, 5) is 15.3. The Morgan fingerprint density at radius 3 is 2.53 bits per heavy atom. The number of halogens is 4. The first kappa shape index (κ1) is 25.4. The van der Waals surface area contributed by atoms with Gasteiger partial charge in [-0.3, -0.25) is 9.89 Å². The van der Waals surface area contributed by atoms with Crippen LogP contribution in [0.4, 0.5) is 18.3 Å². The second-order valence-electron chi connectivity index (χ2n) is 7.52. The molecule has 1 atom stereocenters. The van der Waals surface area contributed by atoms with Crippen LogP contribution in [0.5, 0.6) is 0 Å². The summed E-state index contributed by atoms with van der Waals surface area (Å²) in [6.07, 6.45) is -2.52. The molecule has 0 bridgehead atoms. The predicted molar refractivity (Wildman–Crippen MR) is 125 cm³/mol. The molecule has 1 N–H and O–H groups in total. The summed E-state index contributed by atoms with van der Waals surface area (Å²) >= 11 is 1.45. The van der Waals surface area contributed by atoms with Crippen molar-refractivity contribution in [1.29, 1.82) is 0 Å². The standard InChI is InChI=1S/C18H30F3N7S.HI/c1-3-15-24-17(29-25-15)28-9-7-27(8-10-28)16(22-4-2)23-11-14-5-6-26(12-14)13-18(19,20)21;/h14H,3-13H2,1-2H3,(H,22,23);1H. The van der Waals surface area contributed by atoms with E-state index in [1.165, 1.54) is 16.4 Å². The van der Waals surface area contributed by atoms with Gasteiger partial charge in [0.2, 0.25) is 5.13 Å². The molecule has 2 fully saturated rings. The molecular weight excluding hydrogens is 530 g/mol. The van der Waals surface area contributed by atoms with Crippen molar-refractivity contribution in [2.24, 2.45) is 10.9 Å². The van der Waals surface area contributed by atoms with Crippen LogP contribution in [0.1, 0.15) is 26.1 Å². The average Bonchev–Trinajstić information content (AvgIpc) is 3.33. The predicted octanol–water partition coefficient (Wildman–Crippen LogP) is 2.69. The van der Waals surface area contributed by atoms with Crippen LogP contribution in [-0.4, -0.2) is 90.2 Å². The van der Waals surface area contributed by atoms with E-state index in [-0.39, 0.29) is 29.9 Å². The fraction of sp³-hybridized carbons (Fsp3) is 0.833. The molecule has 0 saturated carbocycles. The van der Waals surface area contributed by atoms with Crippen LogP contribution in [0.25, 0.3) is 0 Å². The molecule has 0 aliphatic carbocycles. The van der Waals surface area contributed by atoms with Crippen molar-refractivity contribution < 1.29 is 13.2 Å². The lowest BCUT2D eigenvalue weighted by atomic mass is 10.1. The summed E-state index contributed by atoms with van der Waals surface area (Å²) in [7, 11) is 0. The Labute approximate surface area is 197 Å². The van der Waals surface area contributed by atoms with Crippen molar-refractivity contribution in [3.8, 4) is 0 Å². The number of nitrogens with zero attached hydrogens (tertiary/aromatic N) is 6. The molecule has 0 spiro atoms. The zero-order valence-corrected chi connectivity index (χ0v) is 20.6. The van der Waals surface area contributed by atoms with Gasteiger partial charge < -0.3 is 15.1 Å². The largest absolute Gasteiger partial charge is 0.401 e. The molecule has 30 heavy (non-hydrogen) atoms. The molecule has 1 aromatic heterocycles. The lowest BCUT2D eigenvalue weighted by molar-refractivity contribution is -0.143. The van der Waals surface area contributed by atoms with Crippen LogP contribution >= 0.6 is 35.5 Å². The number of likely N-dealkylation sites (tertiary alicyclic amines) is 1. The van der Waals surface area contributed by atoms with E-state index >= 15 is 0 Å². The van der Waals surface area contributed by atoms with Gasteiger partial charge in [-0.05, 0) is 25.8 Å². The van der Waals surface area contributed by atoms with E-state index in [1.54, 1.807) is 0 Å². The molecule has 0 aromatic carbocycles. The third-order valence-corrected chi connectivity index (χ3v) is 6.05. The van der Waals surface area contributed by atoms with Crippen molar-refractivity contribution in [1.82, 2.24) is 24.5 Å². The minimum absolute atomic E-state index is 0. The highest BCUT2D eigenvalue weighted by atomic mass is 127. The second kappa shape index (κ2) is 11.7. The van der Waals surface area contributed by atoms with Crippen molar-refractivity contribution in [3.63, 3.8) is 0 Å². The molecular formula is C18H31F3IN7S. The summed E-state index contributed by atoms with van der Waals surface area (Å²) in [5.74, 6) is 1.92. The normalized spacial score (nSPS) is 21.1. The van der Waals surface area contributed by atoms with Crippen LogP contribution in [-0.2, 0) is 6.42 Å². The molecule has 172 valence electrons. The first-order chi connectivity index (χ1) is 13.9. The maximum atomic E-state index is 12.6. The number of guanidine groups is 1. The maximum Gasteiger partial charge on any atom is 0.401 e. The van der Waals surface area contributed by atoms with Gasteiger partial charge in [0.15, 0.2) is 5.96 Å². The Morgan fingerprint density at radius 1 is 1.20 bits per heavy atom. The van der Waals surface area contributed by atoms with E-state index in [4.69, 9.17) is 4.99 Å². The number of piperazine rings is 1. The molecule has 0 amide bonds. The number of hydrogen-bond donors (Lipinski definition) is 1. The fourth-order valence-corrected chi connectivity index (χ4v) is 4.53. The number of anilines is 1. The molecule has 2 aliphatic heterocycles. The Hall–Kier alpha value is -0.890. The zero-order chi connectivity index (χ0) is 20.9. The van der Waals surface area contributed by atoms with Gasteiger partial charge in [-0.15, -0.1) is 24.0 Å². The van der Waals surface area contributed by atoms with Gasteiger partial charge in [0.1, 0.15) is 5.82 Å². The molecule has 0 radical (unpaired) electrons. The quantitative estimate of drug-likeness (QED) is 0.328. The van der Waals surface area contributed by atoms with E-state index in [2.05, 4.69) is 31.4 Å². The van der Waals surface area contributed by atoms with E-state index in [0.29, 0.717) is 19.6 Å². The minimum atomic E-state index is -4.13. The molecule has 2 aliphatic rings. The molecule has 1 unspecified atom stereocenters. The molecule has 3 heterocycles. The number of hydrogen-bond acceptors (Lipinski definition) is 6. The zero-order valence-electron chi connectivity index (χ0n) is 17.5. The summed E-state index contributed by atoms with van der Waals surface area (Å²) in [5, 5.41) is 4.30. The first-order valence-electron chi connectivity index (χ1n) is 10.3. The van der Waals surface area contributed by atoms with Gasteiger partial charge in [-0.25, -0.2) is 4.98 Å². The number of aliphatic imine (C=N–C) groups is 1. The number of aryl methyl sites for hydroxylation is 1. The van der Waals surface area contributed by atoms with Gasteiger partial charge >= 0.3 is 6.18 Å². The monoisotopic (exact) mass is 561 g/mol. The van der Waals surface area contributed by atoms with Crippen molar-refractivity contribution in [3.05, 3.63) is 5.82 Å². The third kappa shape index (κ3) is 7.36. The van der Waals surface area contributed by atoms with Crippen LogP contribution in [0.2, 0.25) is 0 Å². The van der Waals surface area contributed by atoms with Crippen molar-refractivity contribution in [2.45, 2.75) is 32.9 Å². The van der Waals surface area contributed by atoms with E-state index in [9.17, 15) is 13.2 Å². The molecule has 12 heteroatoms. The van der Waals surface area contributed by atoms with Crippen molar-refractivity contribution in [2.75, 3.05) is 63.8 Å². The summed E-state index contributed by atoms with van der Waals surface area (Å²) in [6.45, 7) is 8.92. The molecule has 7 nitrogen and oxygen atoms in total. The Balaban J connectivity index is 0.00000320. The summed E-state index contributed by atoms with van der Waals surface area (Å²) in [5.41, 5.74) is 0. The fourth-order valence-electron chi connectivity index (χ4n) is 3.73. The van der Waals surface area contributed by atoms with Crippen molar-refractivity contribution >= 4 is 46.6 Å². The lowest BCUT2D eigenvalue weighted by Crippen LogP contribution is -2.52. The van der Waals surface area contributed by atoms with Crippen LogP contribution in [0, 0.1) is 5.92 Å². The van der Waals surface area contributed by atoms with Gasteiger partial charge in [-0.1, -0.05) is 6.92 Å². The van der Waals surface area contributed by atoms with Crippen LogP contribution in [0.15, 0.2) is 4.99 Å². The third-order valence-electron chi connectivity index (χ3n) is 5.23. The van der Waals surface area contributed by atoms with Gasteiger partial charge in [0.05, 0.1) is 6.54 Å². The number of nitrogens with one attached hydrogen (secondary N) is 1. The Bertz CT molecular complexity index is 677. The minimum Gasteiger partial charge on any atom is -0.357 e. The summed E-state index contributed by atoms with van der Waals surface area (Å²) < 4.78 is 42.1. The number of rotatable bonds is 6. The molecule has 1 aromatic rings. The van der Waals surface area contributed by atoms with Gasteiger partial charge in [-0.2, -0.15) is 17.5 Å². The highest BCUT2D eigenvalue weighted by molar-refractivity contribution is 14.0. The number of aromatic nitrogens is 2. The topological polar surface area (TPSA) is 59.9 Å². The number of alkyl halides is 3. The molecule has 2 saturated heterocycles. The Kier molecular flexibility index (Phi) is 9.85. The Morgan fingerprint density at radius 2 is 1.93 bits per heavy atom. The van der Waals surface area contributed by atoms with Gasteiger partial charge in [0, 0.05) is 63.8 Å². The lowest BCUT2D eigenvalue weighted by Gasteiger charge is -2.36. The van der Waals surface area contributed by atoms with Crippen LogP contribution < -0.4 is 10.2 Å².